The number of ether oxygens (including phenoxy) is 1. The first-order chi connectivity index (χ1) is 10.5. The number of fused-ring (bicyclic) bond motifs is 1. The third kappa shape index (κ3) is 2.31. The summed E-state index contributed by atoms with van der Waals surface area (Å²) in [6.07, 6.45) is 2.76. The fraction of sp³-hybridized carbons (Fsp3) is 0.294. The van der Waals surface area contributed by atoms with Crippen molar-refractivity contribution in [1.82, 2.24) is 9.38 Å². The zero-order chi connectivity index (χ0) is 15.9. The van der Waals surface area contributed by atoms with Crippen molar-refractivity contribution in [3.8, 4) is 11.3 Å². The van der Waals surface area contributed by atoms with E-state index in [0.29, 0.717) is 4.88 Å². The molecule has 3 rings (SSSR count). The van der Waals surface area contributed by atoms with E-state index < -0.39 is 0 Å². The van der Waals surface area contributed by atoms with Crippen LogP contribution in [0.2, 0.25) is 0 Å². The highest BCUT2D eigenvalue weighted by atomic mass is 32.1. The highest BCUT2D eigenvalue weighted by Crippen LogP contribution is 2.29. The predicted octanol–water partition coefficient (Wildman–Crippen LogP) is 4.03. The molecule has 0 N–H and O–H groups in total. The molecule has 0 aliphatic rings. The second-order valence-electron chi connectivity index (χ2n) is 5.30. The minimum Gasteiger partial charge on any atom is -0.465 e. The number of carbonyl (C=O) groups is 1. The molecule has 0 saturated carbocycles. The molecule has 114 valence electrons. The van der Waals surface area contributed by atoms with E-state index in [-0.39, 0.29) is 5.97 Å². The van der Waals surface area contributed by atoms with Crippen LogP contribution in [0.15, 0.2) is 24.4 Å². The Hall–Kier alpha value is -2.14. The van der Waals surface area contributed by atoms with Gasteiger partial charge in [-0.2, -0.15) is 0 Å². The summed E-state index contributed by atoms with van der Waals surface area (Å²) in [7, 11) is 1.41. The van der Waals surface area contributed by atoms with Gasteiger partial charge in [-0.3, -0.25) is 4.40 Å². The minimum atomic E-state index is -0.292. The molecule has 22 heavy (non-hydrogen) atoms. The number of methoxy groups -OCH3 is 1. The van der Waals surface area contributed by atoms with Gasteiger partial charge in [-0.1, -0.05) is 30.4 Å². The van der Waals surface area contributed by atoms with Crippen molar-refractivity contribution in [2.45, 2.75) is 27.2 Å². The van der Waals surface area contributed by atoms with Crippen molar-refractivity contribution in [2.75, 3.05) is 7.11 Å². The van der Waals surface area contributed by atoms with E-state index >= 15 is 0 Å². The number of nitrogens with zero attached hydrogens (tertiary/aromatic N) is 2. The van der Waals surface area contributed by atoms with Crippen molar-refractivity contribution < 1.29 is 9.53 Å². The normalized spacial score (nSPS) is 11.1. The quantitative estimate of drug-likeness (QED) is 0.686. The lowest BCUT2D eigenvalue weighted by Gasteiger charge is -2.02. The third-order valence-electron chi connectivity index (χ3n) is 3.93. The number of imidazole rings is 1. The number of hydrogen-bond acceptors (Lipinski definition) is 4. The first kappa shape index (κ1) is 14.8. The van der Waals surface area contributed by atoms with Crippen molar-refractivity contribution >= 4 is 22.3 Å². The van der Waals surface area contributed by atoms with Gasteiger partial charge in [0.05, 0.1) is 12.8 Å². The molecule has 0 radical (unpaired) electrons. The lowest BCUT2D eigenvalue weighted by Crippen LogP contribution is -2.03. The Kier molecular flexibility index (Phi) is 3.74. The van der Waals surface area contributed by atoms with Crippen LogP contribution in [0.3, 0.4) is 0 Å². The summed E-state index contributed by atoms with van der Waals surface area (Å²) >= 11 is 1.38. The predicted molar refractivity (Wildman–Crippen MR) is 88.7 cm³/mol. The molecule has 2 heterocycles. The van der Waals surface area contributed by atoms with Crippen LogP contribution in [0.25, 0.3) is 16.2 Å². The molecule has 0 aliphatic carbocycles. The molecule has 0 spiro atoms. The van der Waals surface area contributed by atoms with Gasteiger partial charge >= 0.3 is 5.97 Å². The summed E-state index contributed by atoms with van der Waals surface area (Å²) < 4.78 is 6.85. The van der Waals surface area contributed by atoms with Crippen molar-refractivity contribution in [2.24, 2.45) is 0 Å². The van der Waals surface area contributed by atoms with Crippen LogP contribution in [0.1, 0.15) is 33.4 Å². The molecule has 1 aromatic carbocycles. The maximum absolute atomic E-state index is 11.8. The highest BCUT2D eigenvalue weighted by Gasteiger charge is 2.20. The lowest BCUT2D eigenvalue weighted by molar-refractivity contribution is 0.0604. The Bertz CT molecular complexity index is 861. The number of esters is 1. The first-order valence-corrected chi connectivity index (χ1v) is 8.03. The Morgan fingerprint density at radius 3 is 2.73 bits per heavy atom. The summed E-state index contributed by atoms with van der Waals surface area (Å²) in [6, 6.07) is 6.34. The van der Waals surface area contributed by atoms with E-state index in [2.05, 4.69) is 37.0 Å². The Morgan fingerprint density at radius 1 is 1.32 bits per heavy atom. The van der Waals surface area contributed by atoms with Gasteiger partial charge in [-0.05, 0) is 37.5 Å². The van der Waals surface area contributed by atoms with Crippen molar-refractivity contribution in [3.63, 3.8) is 0 Å². The molecule has 0 aliphatic heterocycles. The fourth-order valence-electron chi connectivity index (χ4n) is 2.51. The zero-order valence-electron chi connectivity index (χ0n) is 13.1. The summed E-state index contributed by atoms with van der Waals surface area (Å²) in [5.41, 5.74) is 5.50. The second kappa shape index (κ2) is 5.57. The fourth-order valence-corrected chi connectivity index (χ4v) is 3.63. The van der Waals surface area contributed by atoms with Gasteiger partial charge < -0.3 is 4.74 Å². The molecule has 0 fully saturated rings. The van der Waals surface area contributed by atoms with Gasteiger partial charge in [0.15, 0.2) is 4.96 Å². The average Bonchev–Trinajstić information content (AvgIpc) is 3.06. The van der Waals surface area contributed by atoms with Crippen molar-refractivity contribution in [3.05, 3.63) is 46.1 Å². The van der Waals surface area contributed by atoms with Gasteiger partial charge in [0, 0.05) is 17.5 Å². The number of aryl methyl sites for hydroxylation is 3. The van der Waals surface area contributed by atoms with Crippen LogP contribution in [0, 0.1) is 13.8 Å². The van der Waals surface area contributed by atoms with E-state index in [1.807, 2.05) is 17.5 Å². The molecular formula is C17H18N2O2S. The molecule has 2 aromatic heterocycles. The van der Waals surface area contributed by atoms with Crippen molar-refractivity contribution in [1.29, 1.82) is 0 Å². The van der Waals surface area contributed by atoms with E-state index in [9.17, 15) is 4.79 Å². The van der Waals surface area contributed by atoms with E-state index in [1.54, 1.807) is 0 Å². The third-order valence-corrected chi connectivity index (χ3v) is 5.01. The molecule has 0 bridgehead atoms. The van der Waals surface area contributed by atoms with Gasteiger partial charge in [-0.15, -0.1) is 0 Å². The van der Waals surface area contributed by atoms with Gasteiger partial charge in [0.1, 0.15) is 4.88 Å². The molecule has 0 unspecified atom stereocenters. The molecule has 0 atom stereocenters. The Morgan fingerprint density at radius 2 is 2.09 bits per heavy atom. The zero-order valence-corrected chi connectivity index (χ0v) is 14.0. The van der Waals surface area contributed by atoms with Crippen LogP contribution in [-0.4, -0.2) is 22.5 Å². The SMILES string of the molecule is CCc1c(C(=O)OC)sc2nc(-c3ccc(C)c(C)c3)cn12. The maximum atomic E-state index is 11.8. The lowest BCUT2D eigenvalue weighted by atomic mass is 10.0. The first-order valence-electron chi connectivity index (χ1n) is 7.21. The van der Waals surface area contributed by atoms with Crippen LogP contribution in [0.4, 0.5) is 0 Å². The van der Waals surface area contributed by atoms with Gasteiger partial charge in [-0.25, -0.2) is 9.78 Å². The number of aromatic nitrogens is 2. The Balaban J connectivity index is 2.12. The monoisotopic (exact) mass is 314 g/mol. The van der Waals surface area contributed by atoms with Gasteiger partial charge in [0.25, 0.3) is 0 Å². The number of hydrogen-bond donors (Lipinski definition) is 0. The average molecular weight is 314 g/mol. The van der Waals surface area contributed by atoms with Crippen LogP contribution in [-0.2, 0) is 11.2 Å². The summed E-state index contributed by atoms with van der Waals surface area (Å²) in [4.78, 5) is 18.0. The summed E-state index contributed by atoms with van der Waals surface area (Å²) in [5, 5.41) is 0. The number of benzene rings is 1. The van der Waals surface area contributed by atoms with Gasteiger partial charge in [0.2, 0.25) is 0 Å². The van der Waals surface area contributed by atoms with Crippen LogP contribution < -0.4 is 0 Å². The number of thiazole rings is 1. The number of rotatable bonds is 3. The second-order valence-corrected chi connectivity index (χ2v) is 6.28. The standard InChI is InChI=1S/C17H18N2O2S/c1-5-14-15(16(20)21-4)22-17-18-13(9-19(14)17)12-7-6-10(2)11(3)8-12/h6-9H,5H2,1-4H3. The molecule has 5 heteroatoms. The Labute approximate surface area is 133 Å². The van der Waals surface area contributed by atoms with E-state index in [4.69, 9.17) is 4.74 Å². The summed E-state index contributed by atoms with van der Waals surface area (Å²) in [5.74, 6) is -0.292. The highest BCUT2D eigenvalue weighted by molar-refractivity contribution is 7.19. The van der Waals surface area contributed by atoms with E-state index in [0.717, 1.165) is 28.3 Å². The minimum absolute atomic E-state index is 0.292. The van der Waals surface area contributed by atoms with E-state index in [1.165, 1.54) is 29.6 Å². The molecule has 4 nitrogen and oxygen atoms in total. The maximum Gasteiger partial charge on any atom is 0.349 e. The number of carbonyl (C=O) groups excluding carboxylic acids is 1. The smallest absolute Gasteiger partial charge is 0.349 e. The molecule has 3 aromatic rings. The largest absolute Gasteiger partial charge is 0.465 e. The summed E-state index contributed by atoms with van der Waals surface area (Å²) in [6.45, 7) is 6.23. The molecular weight excluding hydrogens is 296 g/mol. The van der Waals surface area contributed by atoms with Crippen LogP contribution >= 0.6 is 11.3 Å². The topological polar surface area (TPSA) is 43.6 Å². The molecule has 0 amide bonds. The molecule has 0 saturated heterocycles. The van der Waals surface area contributed by atoms with Crippen LogP contribution in [0.5, 0.6) is 0 Å².